The molecule has 1 heterocycles. The lowest BCUT2D eigenvalue weighted by Gasteiger charge is -2.20. The van der Waals surface area contributed by atoms with Crippen LogP contribution in [0.5, 0.6) is 0 Å². The van der Waals surface area contributed by atoms with Crippen LogP contribution in [0.15, 0.2) is 42.5 Å². The monoisotopic (exact) mass is 370 g/mol. The maximum Gasteiger partial charge on any atom is 0.338 e. The van der Waals surface area contributed by atoms with Crippen molar-refractivity contribution in [2.75, 3.05) is 0 Å². The van der Waals surface area contributed by atoms with Crippen LogP contribution in [-0.2, 0) is 19.1 Å². The summed E-state index contributed by atoms with van der Waals surface area (Å²) in [6, 6.07) is 8.83. The van der Waals surface area contributed by atoms with Gasteiger partial charge in [-0.2, -0.15) is 0 Å². The second-order valence-electron chi connectivity index (χ2n) is 7.30. The predicted octanol–water partition coefficient (Wildman–Crippen LogP) is 3.87. The van der Waals surface area contributed by atoms with Gasteiger partial charge in [-0.25, -0.2) is 4.79 Å². The van der Waals surface area contributed by atoms with Crippen LogP contribution in [-0.4, -0.2) is 29.9 Å². The molecule has 0 bridgehead atoms. The number of rotatable bonds is 8. The van der Waals surface area contributed by atoms with E-state index in [0.717, 1.165) is 19.3 Å². The molecule has 1 aromatic rings. The van der Waals surface area contributed by atoms with E-state index in [-0.39, 0.29) is 41.8 Å². The van der Waals surface area contributed by atoms with Crippen molar-refractivity contribution < 1.29 is 23.9 Å². The van der Waals surface area contributed by atoms with Gasteiger partial charge in [0.1, 0.15) is 12.2 Å². The quantitative estimate of drug-likeness (QED) is 0.395. The highest BCUT2D eigenvalue weighted by atomic mass is 16.6. The zero-order valence-corrected chi connectivity index (χ0v) is 15.6. The van der Waals surface area contributed by atoms with Crippen molar-refractivity contribution in [3.63, 3.8) is 0 Å². The van der Waals surface area contributed by atoms with E-state index >= 15 is 0 Å². The predicted molar refractivity (Wildman–Crippen MR) is 100 cm³/mol. The molecule has 3 rings (SSSR count). The lowest BCUT2D eigenvalue weighted by molar-refractivity contribution is -0.141. The number of carbonyl (C=O) groups is 3. The first-order chi connectivity index (χ1) is 13.1. The molecule has 0 unspecified atom stereocenters. The molecule has 0 aromatic heterocycles. The largest absolute Gasteiger partial charge is 0.462 e. The van der Waals surface area contributed by atoms with E-state index < -0.39 is 0 Å². The molecule has 2 aliphatic rings. The Morgan fingerprint density at radius 3 is 2.74 bits per heavy atom. The average molecular weight is 370 g/mol. The van der Waals surface area contributed by atoms with Gasteiger partial charge in [0.05, 0.1) is 12.0 Å². The molecular weight excluding hydrogens is 344 g/mol. The summed E-state index contributed by atoms with van der Waals surface area (Å²) < 4.78 is 11.1. The van der Waals surface area contributed by atoms with Crippen LogP contribution in [0.3, 0.4) is 0 Å². The van der Waals surface area contributed by atoms with Gasteiger partial charge in [0.25, 0.3) is 0 Å². The van der Waals surface area contributed by atoms with Crippen LogP contribution in [0.25, 0.3) is 0 Å². The SMILES string of the molecule is CCCCCC(=O)C=C[C@@H]1[C@H]2CC(=O)O[C@H]2C[C@H]1OC(=O)c1ccccc1. The molecule has 1 saturated carbocycles. The summed E-state index contributed by atoms with van der Waals surface area (Å²) in [6.45, 7) is 2.10. The Morgan fingerprint density at radius 2 is 2.00 bits per heavy atom. The fraction of sp³-hybridized carbons (Fsp3) is 0.500. The number of allylic oxidation sites excluding steroid dienone is 1. The number of ketones is 1. The summed E-state index contributed by atoms with van der Waals surface area (Å²) in [5.74, 6) is -0.745. The molecule has 0 amide bonds. The maximum atomic E-state index is 12.4. The molecule has 0 spiro atoms. The van der Waals surface area contributed by atoms with E-state index in [9.17, 15) is 14.4 Å². The Labute approximate surface area is 159 Å². The van der Waals surface area contributed by atoms with Crippen LogP contribution >= 0.6 is 0 Å². The van der Waals surface area contributed by atoms with Crippen molar-refractivity contribution in [3.05, 3.63) is 48.0 Å². The van der Waals surface area contributed by atoms with E-state index in [1.54, 1.807) is 30.3 Å². The molecule has 0 N–H and O–H groups in total. The minimum atomic E-state index is -0.389. The molecule has 144 valence electrons. The average Bonchev–Trinajstić information content (AvgIpc) is 3.16. The molecule has 1 aromatic carbocycles. The normalized spacial score (nSPS) is 26.8. The summed E-state index contributed by atoms with van der Waals surface area (Å²) in [5, 5.41) is 0. The molecular formula is C22H26O5. The van der Waals surface area contributed by atoms with Crippen molar-refractivity contribution >= 4 is 17.7 Å². The van der Waals surface area contributed by atoms with Crippen LogP contribution < -0.4 is 0 Å². The highest BCUT2D eigenvalue weighted by molar-refractivity contribution is 5.90. The van der Waals surface area contributed by atoms with Crippen LogP contribution in [0.4, 0.5) is 0 Å². The first-order valence-corrected chi connectivity index (χ1v) is 9.75. The fourth-order valence-electron chi connectivity index (χ4n) is 3.92. The van der Waals surface area contributed by atoms with Crippen molar-refractivity contribution in [1.29, 1.82) is 0 Å². The topological polar surface area (TPSA) is 69.7 Å². The zero-order valence-electron chi connectivity index (χ0n) is 15.6. The minimum Gasteiger partial charge on any atom is -0.462 e. The van der Waals surface area contributed by atoms with Crippen LogP contribution in [0, 0.1) is 11.8 Å². The Hall–Kier alpha value is -2.43. The standard InChI is InChI=1S/C22H26O5/c1-2-3-5-10-16(23)11-12-17-18-13-21(24)26-20(18)14-19(17)27-22(25)15-8-6-4-7-9-15/h4,6-9,11-12,17-20H,2-3,5,10,13-14H2,1H3/t17-,18-,19-,20+/m1/s1. The lowest BCUT2D eigenvalue weighted by Crippen LogP contribution is -2.24. The van der Waals surface area contributed by atoms with Gasteiger partial charge in [0, 0.05) is 24.7 Å². The van der Waals surface area contributed by atoms with E-state index in [0.29, 0.717) is 24.8 Å². The van der Waals surface area contributed by atoms with Gasteiger partial charge in [-0.3, -0.25) is 9.59 Å². The Bertz CT molecular complexity index is 709. The fourth-order valence-corrected chi connectivity index (χ4v) is 3.92. The molecule has 5 heteroatoms. The van der Waals surface area contributed by atoms with Gasteiger partial charge in [-0.15, -0.1) is 0 Å². The number of esters is 2. The van der Waals surface area contributed by atoms with Gasteiger partial charge >= 0.3 is 11.9 Å². The Morgan fingerprint density at radius 1 is 1.22 bits per heavy atom. The van der Waals surface area contributed by atoms with E-state index in [1.807, 2.05) is 12.1 Å². The second-order valence-corrected chi connectivity index (χ2v) is 7.30. The number of unbranched alkanes of at least 4 members (excludes halogenated alkanes) is 2. The molecule has 1 aliphatic heterocycles. The number of ether oxygens (including phenoxy) is 2. The van der Waals surface area contributed by atoms with E-state index in [1.165, 1.54) is 0 Å². The molecule has 0 radical (unpaired) electrons. The van der Waals surface area contributed by atoms with Gasteiger partial charge in [0.2, 0.25) is 0 Å². The number of carbonyl (C=O) groups excluding carboxylic acids is 3. The number of benzene rings is 1. The van der Waals surface area contributed by atoms with Gasteiger partial charge in [-0.1, -0.05) is 44.0 Å². The van der Waals surface area contributed by atoms with Crippen molar-refractivity contribution in [2.45, 2.75) is 57.7 Å². The minimum absolute atomic E-state index is 0.0363. The highest BCUT2D eigenvalue weighted by Gasteiger charge is 2.50. The summed E-state index contributed by atoms with van der Waals surface area (Å²) in [5.41, 5.74) is 0.491. The van der Waals surface area contributed by atoms with Crippen molar-refractivity contribution in [1.82, 2.24) is 0 Å². The number of hydrogen-bond donors (Lipinski definition) is 0. The molecule has 27 heavy (non-hydrogen) atoms. The molecule has 1 saturated heterocycles. The number of fused-ring (bicyclic) bond motifs is 1. The summed E-state index contributed by atoms with van der Waals surface area (Å²) in [4.78, 5) is 36.2. The lowest BCUT2D eigenvalue weighted by atomic mass is 9.91. The Kier molecular flexibility index (Phi) is 6.43. The van der Waals surface area contributed by atoms with Crippen molar-refractivity contribution in [2.24, 2.45) is 11.8 Å². The van der Waals surface area contributed by atoms with E-state index in [4.69, 9.17) is 9.47 Å². The third-order valence-electron chi connectivity index (χ3n) is 5.35. The first kappa shape index (κ1) is 19.3. The number of hydrogen-bond acceptors (Lipinski definition) is 5. The zero-order chi connectivity index (χ0) is 19.2. The molecule has 5 nitrogen and oxygen atoms in total. The third kappa shape index (κ3) is 4.85. The summed E-state index contributed by atoms with van der Waals surface area (Å²) >= 11 is 0. The van der Waals surface area contributed by atoms with Crippen molar-refractivity contribution in [3.8, 4) is 0 Å². The van der Waals surface area contributed by atoms with Gasteiger partial charge in [-0.05, 0) is 24.6 Å². The van der Waals surface area contributed by atoms with E-state index in [2.05, 4.69) is 6.92 Å². The third-order valence-corrected chi connectivity index (χ3v) is 5.35. The molecule has 2 fully saturated rings. The summed E-state index contributed by atoms with van der Waals surface area (Å²) in [7, 11) is 0. The second kappa shape index (κ2) is 8.98. The Balaban J connectivity index is 1.67. The molecule has 4 atom stereocenters. The maximum absolute atomic E-state index is 12.4. The molecule has 1 aliphatic carbocycles. The van der Waals surface area contributed by atoms with Crippen LogP contribution in [0.1, 0.15) is 55.8 Å². The first-order valence-electron chi connectivity index (χ1n) is 9.75. The van der Waals surface area contributed by atoms with Gasteiger partial charge < -0.3 is 9.47 Å². The van der Waals surface area contributed by atoms with Crippen LogP contribution in [0.2, 0.25) is 0 Å². The smallest absolute Gasteiger partial charge is 0.338 e. The highest BCUT2D eigenvalue weighted by Crippen LogP contribution is 2.43. The summed E-state index contributed by atoms with van der Waals surface area (Å²) in [6.07, 6.45) is 7.08. The van der Waals surface area contributed by atoms with Gasteiger partial charge in [0.15, 0.2) is 5.78 Å².